The van der Waals surface area contributed by atoms with Gasteiger partial charge in [-0.1, -0.05) is 17.7 Å². The number of rotatable bonds is 1. The van der Waals surface area contributed by atoms with Crippen LogP contribution in [0.15, 0.2) is 24.4 Å². The van der Waals surface area contributed by atoms with E-state index in [4.69, 9.17) is 11.6 Å². The predicted octanol–water partition coefficient (Wildman–Crippen LogP) is 2.80. The molecule has 1 unspecified atom stereocenters. The van der Waals surface area contributed by atoms with E-state index >= 15 is 0 Å². The molecule has 1 aliphatic heterocycles. The standard InChI is InChI=1S/C13H16ClN3/c1-16-7-3-4-10(8-16)11-9-17-12(14)5-2-6-13(17)15-11/h2,5-6,9-10H,3-4,7-8H2,1H3. The Bertz CT molecular complexity index is 534. The summed E-state index contributed by atoms with van der Waals surface area (Å²) in [4.78, 5) is 7.06. The Kier molecular flexibility index (Phi) is 2.81. The van der Waals surface area contributed by atoms with Crippen LogP contribution in [0.1, 0.15) is 24.5 Å². The van der Waals surface area contributed by atoms with Gasteiger partial charge in [0.25, 0.3) is 0 Å². The smallest absolute Gasteiger partial charge is 0.138 e. The molecule has 0 saturated carbocycles. The number of piperidine rings is 1. The fourth-order valence-electron chi connectivity index (χ4n) is 2.60. The largest absolute Gasteiger partial charge is 0.306 e. The average Bonchev–Trinajstić information content (AvgIpc) is 2.74. The fraction of sp³-hybridized carbons (Fsp3) is 0.462. The molecule has 1 atom stereocenters. The van der Waals surface area contributed by atoms with Crippen LogP contribution in [0.3, 0.4) is 0 Å². The molecule has 1 fully saturated rings. The fourth-order valence-corrected chi connectivity index (χ4v) is 2.81. The summed E-state index contributed by atoms with van der Waals surface area (Å²) in [5.41, 5.74) is 2.12. The van der Waals surface area contributed by atoms with E-state index in [-0.39, 0.29) is 0 Å². The number of nitrogens with zero attached hydrogens (tertiary/aromatic N) is 3. The van der Waals surface area contributed by atoms with Crippen LogP contribution in [0.4, 0.5) is 0 Å². The van der Waals surface area contributed by atoms with Gasteiger partial charge in [0.2, 0.25) is 0 Å². The lowest BCUT2D eigenvalue weighted by Crippen LogP contribution is -2.30. The van der Waals surface area contributed by atoms with Crippen molar-refractivity contribution in [2.45, 2.75) is 18.8 Å². The third-order valence-electron chi connectivity index (χ3n) is 3.50. The quantitative estimate of drug-likeness (QED) is 0.725. The Morgan fingerprint density at radius 3 is 3.06 bits per heavy atom. The molecule has 0 amide bonds. The molecular formula is C13H16ClN3. The van der Waals surface area contributed by atoms with Crippen LogP contribution in [0.25, 0.3) is 5.65 Å². The summed E-state index contributed by atoms with van der Waals surface area (Å²) in [6, 6.07) is 5.84. The Morgan fingerprint density at radius 1 is 1.41 bits per heavy atom. The van der Waals surface area contributed by atoms with Crippen LogP contribution in [-0.2, 0) is 0 Å². The molecule has 17 heavy (non-hydrogen) atoms. The minimum absolute atomic E-state index is 0.546. The SMILES string of the molecule is CN1CCCC(c2cn3c(Cl)cccc3n2)C1. The maximum atomic E-state index is 6.15. The number of hydrogen-bond acceptors (Lipinski definition) is 2. The van der Waals surface area contributed by atoms with E-state index in [1.165, 1.54) is 25.1 Å². The first-order valence-corrected chi connectivity index (χ1v) is 6.44. The first-order valence-electron chi connectivity index (χ1n) is 6.06. The van der Waals surface area contributed by atoms with E-state index in [0.29, 0.717) is 5.92 Å². The number of likely N-dealkylation sites (N-methyl/N-ethyl adjacent to an activating group) is 1. The molecule has 1 saturated heterocycles. The molecule has 4 heteroatoms. The zero-order valence-corrected chi connectivity index (χ0v) is 10.7. The maximum absolute atomic E-state index is 6.15. The summed E-state index contributed by atoms with van der Waals surface area (Å²) in [7, 11) is 2.18. The lowest BCUT2D eigenvalue weighted by molar-refractivity contribution is 0.249. The topological polar surface area (TPSA) is 20.5 Å². The van der Waals surface area contributed by atoms with Crippen LogP contribution >= 0.6 is 11.6 Å². The Morgan fingerprint density at radius 2 is 2.29 bits per heavy atom. The van der Waals surface area contributed by atoms with Crippen LogP contribution in [0.2, 0.25) is 5.15 Å². The molecule has 2 aromatic heterocycles. The second-order valence-electron chi connectivity index (χ2n) is 4.84. The van der Waals surface area contributed by atoms with Gasteiger partial charge < -0.3 is 4.90 Å². The highest BCUT2D eigenvalue weighted by molar-refractivity contribution is 6.29. The molecule has 3 heterocycles. The third-order valence-corrected chi connectivity index (χ3v) is 3.81. The van der Waals surface area contributed by atoms with Gasteiger partial charge in [0, 0.05) is 18.7 Å². The molecule has 0 aromatic carbocycles. The summed E-state index contributed by atoms with van der Waals surface area (Å²) in [6.45, 7) is 2.30. The zero-order valence-electron chi connectivity index (χ0n) is 9.93. The van der Waals surface area contributed by atoms with Gasteiger partial charge in [-0.2, -0.15) is 0 Å². The van der Waals surface area contributed by atoms with Gasteiger partial charge in [-0.15, -0.1) is 0 Å². The minimum Gasteiger partial charge on any atom is -0.306 e. The first kappa shape index (κ1) is 11.1. The zero-order chi connectivity index (χ0) is 11.8. The highest BCUT2D eigenvalue weighted by Gasteiger charge is 2.21. The summed E-state index contributed by atoms with van der Waals surface area (Å²) >= 11 is 6.15. The van der Waals surface area contributed by atoms with Crippen LogP contribution in [0.5, 0.6) is 0 Å². The highest BCUT2D eigenvalue weighted by atomic mass is 35.5. The number of hydrogen-bond donors (Lipinski definition) is 0. The Labute approximate surface area is 106 Å². The third kappa shape index (κ3) is 2.05. The minimum atomic E-state index is 0.546. The van der Waals surface area contributed by atoms with Gasteiger partial charge in [-0.3, -0.25) is 4.40 Å². The predicted molar refractivity (Wildman–Crippen MR) is 69.7 cm³/mol. The first-order chi connectivity index (χ1) is 8.24. The number of halogens is 1. The molecule has 3 rings (SSSR count). The number of aromatic nitrogens is 2. The number of fused-ring (bicyclic) bond motifs is 1. The summed E-state index contributed by atoms with van der Waals surface area (Å²) in [6.07, 6.45) is 4.57. The molecule has 2 aromatic rings. The molecule has 0 radical (unpaired) electrons. The lowest BCUT2D eigenvalue weighted by atomic mass is 9.96. The van der Waals surface area contributed by atoms with Crippen molar-refractivity contribution in [3.63, 3.8) is 0 Å². The van der Waals surface area contributed by atoms with E-state index in [2.05, 4.69) is 23.1 Å². The van der Waals surface area contributed by atoms with Gasteiger partial charge in [0.1, 0.15) is 10.8 Å². The van der Waals surface area contributed by atoms with Crippen molar-refractivity contribution in [2.75, 3.05) is 20.1 Å². The molecular weight excluding hydrogens is 234 g/mol. The Balaban J connectivity index is 1.97. The average molecular weight is 250 g/mol. The monoisotopic (exact) mass is 249 g/mol. The lowest BCUT2D eigenvalue weighted by Gasteiger charge is -2.28. The van der Waals surface area contributed by atoms with Crippen molar-refractivity contribution in [1.82, 2.24) is 14.3 Å². The molecule has 0 spiro atoms. The van der Waals surface area contributed by atoms with E-state index in [1.54, 1.807) is 0 Å². The molecule has 0 N–H and O–H groups in total. The van der Waals surface area contributed by atoms with E-state index in [9.17, 15) is 0 Å². The van der Waals surface area contributed by atoms with Crippen molar-refractivity contribution >= 4 is 17.2 Å². The van der Waals surface area contributed by atoms with Crippen molar-refractivity contribution in [3.8, 4) is 0 Å². The molecule has 3 nitrogen and oxygen atoms in total. The van der Waals surface area contributed by atoms with E-state index in [0.717, 1.165) is 17.3 Å². The number of likely N-dealkylation sites (tertiary alicyclic amines) is 1. The second-order valence-corrected chi connectivity index (χ2v) is 5.23. The summed E-state index contributed by atoms with van der Waals surface area (Å²) < 4.78 is 1.96. The number of imidazole rings is 1. The van der Waals surface area contributed by atoms with Crippen LogP contribution < -0.4 is 0 Å². The van der Waals surface area contributed by atoms with Crippen molar-refractivity contribution in [2.24, 2.45) is 0 Å². The van der Waals surface area contributed by atoms with E-state index < -0.39 is 0 Å². The molecule has 0 aliphatic carbocycles. The second kappa shape index (κ2) is 4.31. The van der Waals surface area contributed by atoms with Gasteiger partial charge >= 0.3 is 0 Å². The Hall–Kier alpha value is -1.06. The summed E-state index contributed by atoms with van der Waals surface area (Å²) in [5, 5.41) is 0.727. The van der Waals surface area contributed by atoms with Gasteiger partial charge in [0.15, 0.2) is 0 Å². The van der Waals surface area contributed by atoms with Crippen LogP contribution in [-0.4, -0.2) is 34.4 Å². The molecule has 1 aliphatic rings. The van der Waals surface area contributed by atoms with Gasteiger partial charge in [0.05, 0.1) is 5.69 Å². The normalized spacial score (nSPS) is 22.1. The van der Waals surface area contributed by atoms with Crippen LogP contribution in [0, 0.1) is 0 Å². The molecule has 90 valence electrons. The highest BCUT2D eigenvalue weighted by Crippen LogP contribution is 2.26. The van der Waals surface area contributed by atoms with Crippen molar-refractivity contribution in [3.05, 3.63) is 35.2 Å². The van der Waals surface area contributed by atoms with Gasteiger partial charge in [-0.05, 0) is 38.6 Å². The molecule has 0 bridgehead atoms. The maximum Gasteiger partial charge on any atom is 0.138 e. The van der Waals surface area contributed by atoms with E-state index in [1.807, 2.05) is 22.6 Å². The van der Waals surface area contributed by atoms with Gasteiger partial charge in [-0.25, -0.2) is 4.98 Å². The summed E-state index contributed by atoms with van der Waals surface area (Å²) in [5.74, 6) is 0.546. The van der Waals surface area contributed by atoms with Crippen molar-refractivity contribution < 1.29 is 0 Å². The van der Waals surface area contributed by atoms with Crippen molar-refractivity contribution in [1.29, 1.82) is 0 Å². The number of pyridine rings is 1.